The van der Waals surface area contributed by atoms with Crippen molar-refractivity contribution < 1.29 is 9.53 Å². The topological polar surface area (TPSA) is 50.4 Å². The van der Waals surface area contributed by atoms with Crippen molar-refractivity contribution in [3.05, 3.63) is 35.9 Å². The van der Waals surface area contributed by atoms with Crippen molar-refractivity contribution >= 4 is 6.03 Å². The summed E-state index contributed by atoms with van der Waals surface area (Å²) in [5.74, 6) is 0.633. The van der Waals surface area contributed by atoms with Crippen LogP contribution in [0.15, 0.2) is 30.3 Å². The highest BCUT2D eigenvalue weighted by molar-refractivity contribution is 5.74. The average Bonchev–Trinajstić information content (AvgIpc) is 3.24. The van der Waals surface area contributed by atoms with E-state index in [4.69, 9.17) is 4.74 Å². The summed E-state index contributed by atoms with van der Waals surface area (Å²) in [5, 5.41) is 5.89. The quantitative estimate of drug-likeness (QED) is 0.738. The molecule has 1 aliphatic rings. The molecule has 4 heteroatoms. The van der Waals surface area contributed by atoms with Gasteiger partial charge in [0.2, 0.25) is 0 Å². The van der Waals surface area contributed by atoms with Gasteiger partial charge in [-0.05, 0) is 30.7 Å². The molecule has 1 aromatic carbocycles. The second-order valence-corrected chi connectivity index (χ2v) is 5.03. The van der Waals surface area contributed by atoms with E-state index in [-0.39, 0.29) is 12.1 Å². The first-order valence-electron chi connectivity index (χ1n) is 6.87. The molecule has 0 radical (unpaired) electrons. The lowest BCUT2D eigenvalue weighted by molar-refractivity contribution is 0.194. The van der Waals surface area contributed by atoms with E-state index in [2.05, 4.69) is 22.8 Å². The molecule has 0 aromatic heterocycles. The van der Waals surface area contributed by atoms with Gasteiger partial charge < -0.3 is 15.4 Å². The third kappa shape index (κ3) is 4.91. The van der Waals surface area contributed by atoms with Crippen LogP contribution in [0.2, 0.25) is 0 Å². The molecule has 2 N–H and O–H groups in total. The van der Waals surface area contributed by atoms with E-state index in [1.54, 1.807) is 7.11 Å². The zero-order valence-corrected chi connectivity index (χ0v) is 11.4. The molecule has 0 spiro atoms. The number of carbonyl (C=O) groups excluding carboxylic acids is 1. The molecule has 1 aromatic rings. The maximum Gasteiger partial charge on any atom is 0.315 e. The number of amides is 2. The first-order chi connectivity index (χ1) is 9.29. The Labute approximate surface area is 114 Å². The van der Waals surface area contributed by atoms with Gasteiger partial charge >= 0.3 is 6.03 Å². The maximum atomic E-state index is 11.8. The summed E-state index contributed by atoms with van der Waals surface area (Å²) in [5.41, 5.74) is 1.27. The molecule has 1 saturated carbocycles. The molecule has 0 aliphatic heterocycles. The van der Waals surface area contributed by atoms with Crippen molar-refractivity contribution in [1.29, 1.82) is 0 Å². The average molecular weight is 262 g/mol. The fraction of sp³-hybridized carbons (Fsp3) is 0.533. The lowest BCUT2D eigenvalue weighted by Gasteiger charge is -2.18. The minimum atomic E-state index is -0.0927. The summed E-state index contributed by atoms with van der Waals surface area (Å²) in [7, 11) is 1.63. The number of hydrogen-bond acceptors (Lipinski definition) is 2. The van der Waals surface area contributed by atoms with Crippen LogP contribution in [0.1, 0.15) is 18.4 Å². The first-order valence-corrected chi connectivity index (χ1v) is 6.87. The van der Waals surface area contributed by atoms with E-state index in [0.717, 1.165) is 6.42 Å². The minimum Gasteiger partial charge on any atom is -0.383 e. The lowest BCUT2D eigenvalue weighted by Crippen LogP contribution is -2.45. The van der Waals surface area contributed by atoms with Gasteiger partial charge in [0.25, 0.3) is 0 Å². The molecule has 2 rings (SSSR count). The van der Waals surface area contributed by atoms with Gasteiger partial charge in [-0.1, -0.05) is 30.3 Å². The van der Waals surface area contributed by atoms with Crippen LogP contribution in [0, 0.1) is 5.92 Å². The van der Waals surface area contributed by atoms with Crippen LogP contribution in [0.25, 0.3) is 0 Å². The molecule has 2 amide bonds. The summed E-state index contributed by atoms with van der Waals surface area (Å²) < 4.78 is 4.91. The SMILES string of the molecule is COCCNC(=O)N[C@H](Cc1ccccc1)C1CC1. The van der Waals surface area contributed by atoms with Gasteiger partial charge in [0, 0.05) is 19.7 Å². The summed E-state index contributed by atoms with van der Waals surface area (Å²) in [6.45, 7) is 1.09. The molecule has 0 saturated heterocycles. The number of nitrogens with one attached hydrogen (secondary N) is 2. The molecule has 1 atom stereocenters. The van der Waals surface area contributed by atoms with Crippen LogP contribution >= 0.6 is 0 Å². The Morgan fingerprint density at radius 3 is 2.74 bits per heavy atom. The number of ether oxygens (including phenoxy) is 1. The Hall–Kier alpha value is -1.55. The van der Waals surface area contributed by atoms with E-state index in [9.17, 15) is 4.79 Å². The highest BCUT2D eigenvalue weighted by atomic mass is 16.5. The highest BCUT2D eigenvalue weighted by Crippen LogP contribution is 2.34. The van der Waals surface area contributed by atoms with Gasteiger partial charge in [0.15, 0.2) is 0 Å². The van der Waals surface area contributed by atoms with Gasteiger partial charge in [-0.25, -0.2) is 4.79 Å². The second kappa shape index (κ2) is 7.14. The summed E-state index contributed by atoms with van der Waals surface area (Å²) in [6.07, 6.45) is 3.34. The van der Waals surface area contributed by atoms with Crippen LogP contribution < -0.4 is 10.6 Å². The lowest BCUT2D eigenvalue weighted by atomic mass is 10.0. The molecular weight excluding hydrogens is 240 g/mol. The van der Waals surface area contributed by atoms with E-state index in [0.29, 0.717) is 19.1 Å². The van der Waals surface area contributed by atoms with Gasteiger partial charge in [0.1, 0.15) is 0 Å². The van der Waals surface area contributed by atoms with Crippen molar-refractivity contribution in [1.82, 2.24) is 10.6 Å². The number of benzene rings is 1. The standard InChI is InChI=1S/C15H22N2O2/c1-19-10-9-16-15(18)17-14(13-7-8-13)11-12-5-3-2-4-6-12/h2-6,13-14H,7-11H2,1H3,(H2,16,17,18)/t14-/m1/s1. The predicted octanol–water partition coefficient (Wildman–Crippen LogP) is 1.95. The van der Waals surface area contributed by atoms with Gasteiger partial charge in [-0.15, -0.1) is 0 Å². The third-order valence-electron chi connectivity index (χ3n) is 3.40. The number of hydrogen-bond donors (Lipinski definition) is 2. The molecule has 4 nitrogen and oxygen atoms in total. The maximum absolute atomic E-state index is 11.8. The van der Waals surface area contributed by atoms with Crippen molar-refractivity contribution in [3.63, 3.8) is 0 Å². The van der Waals surface area contributed by atoms with Gasteiger partial charge in [-0.3, -0.25) is 0 Å². The molecule has 0 heterocycles. The molecule has 0 unspecified atom stereocenters. The fourth-order valence-electron chi connectivity index (χ4n) is 2.19. The second-order valence-electron chi connectivity index (χ2n) is 5.03. The minimum absolute atomic E-state index is 0.0927. The number of rotatable bonds is 7. The fourth-order valence-corrected chi connectivity index (χ4v) is 2.19. The Balaban J connectivity index is 1.81. The predicted molar refractivity (Wildman–Crippen MR) is 75.1 cm³/mol. The van der Waals surface area contributed by atoms with E-state index < -0.39 is 0 Å². The summed E-state index contributed by atoms with van der Waals surface area (Å²) >= 11 is 0. The van der Waals surface area contributed by atoms with Crippen LogP contribution in [0.3, 0.4) is 0 Å². The smallest absolute Gasteiger partial charge is 0.315 e. The van der Waals surface area contributed by atoms with E-state index in [1.165, 1.54) is 18.4 Å². The van der Waals surface area contributed by atoms with E-state index in [1.807, 2.05) is 18.2 Å². The van der Waals surface area contributed by atoms with Crippen molar-refractivity contribution in [2.24, 2.45) is 5.92 Å². The Morgan fingerprint density at radius 2 is 2.11 bits per heavy atom. The van der Waals surface area contributed by atoms with Crippen molar-refractivity contribution in [2.45, 2.75) is 25.3 Å². The summed E-state index contributed by atoms with van der Waals surface area (Å²) in [4.78, 5) is 11.8. The first kappa shape index (κ1) is 13.9. The summed E-state index contributed by atoms with van der Waals surface area (Å²) in [6, 6.07) is 10.5. The van der Waals surface area contributed by atoms with Gasteiger partial charge in [-0.2, -0.15) is 0 Å². The number of urea groups is 1. The van der Waals surface area contributed by atoms with Gasteiger partial charge in [0.05, 0.1) is 6.61 Å². The Kier molecular flexibility index (Phi) is 5.21. The molecule has 104 valence electrons. The molecular formula is C15H22N2O2. The Bertz CT molecular complexity index is 390. The van der Waals surface area contributed by atoms with Crippen molar-refractivity contribution in [3.8, 4) is 0 Å². The van der Waals surface area contributed by atoms with Crippen molar-refractivity contribution in [2.75, 3.05) is 20.3 Å². The van der Waals surface area contributed by atoms with Crippen LogP contribution in [0.5, 0.6) is 0 Å². The monoisotopic (exact) mass is 262 g/mol. The molecule has 1 fully saturated rings. The largest absolute Gasteiger partial charge is 0.383 e. The zero-order valence-electron chi connectivity index (χ0n) is 11.4. The molecule has 1 aliphatic carbocycles. The zero-order chi connectivity index (χ0) is 13.5. The Morgan fingerprint density at radius 1 is 1.37 bits per heavy atom. The third-order valence-corrected chi connectivity index (χ3v) is 3.40. The molecule has 0 bridgehead atoms. The van der Waals surface area contributed by atoms with Crippen LogP contribution in [-0.2, 0) is 11.2 Å². The number of methoxy groups -OCH3 is 1. The number of carbonyl (C=O) groups is 1. The molecule has 19 heavy (non-hydrogen) atoms. The highest BCUT2D eigenvalue weighted by Gasteiger charge is 2.32. The normalized spacial score (nSPS) is 15.8. The van der Waals surface area contributed by atoms with E-state index >= 15 is 0 Å². The van der Waals surface area contributed by atoms with Crippen LogP contribution in [0.4, 0.5) is 4.79 Å². The van der Waals surface area contributed by atoms with Crippen LogP contribution in [-0.4, -0.2) is 32.3 Å².